The predicted molar refractivity (Wildman–Crippen MR) is 245 cm³/mol. The number of hydrogen-bond acceptors (Lipinski definition) is 0. The molecule has 0 aliphatic heterocycles. The smallest absolute Gasteiger partial charge is 0.0159 e. The predicted octanol–water partition coefficient (Wildman–Crippen LogP) is 15.9. The van der Waals surface area contributed by atoms with Gasteiger partial charge in [-0.2, -0.15) is 0 Å². The van der Waals surface area contributed by atoms with Crippen LogP contribution in [0.3, 0.4) is 0 Å². The molecule has 1 aliphatic carbocycles. The van der Waals surface area contributed by atoms with Crippen molar-refractivity contribution in [1.29, 1.82) is 0 Å². The average Bonchev–Trinajstić information content (AvgIpc) is 3.51. The summed E-state index contributed by atoms with van der Waals surface area (Å²) in [7, 11) is 0. The Morgan fingerprint density at radius 2 is 0.684 bits per heavy atom. The quantitative estimate of drug-likeness (QED) is 0.126. The lowest BCUT2D eigenvalue weighted by molar-refractivity contribution is 0.661. The molecule has 1 aliphatic rings. The first-order chi connectivity index (χ1) is 28.1. The molecule has 0 saturated heterocycles. The van der Waals surface area contributed by atoms with Gasteiger partial charge in [-0.25, -0.2) is 0 Å². The van der Waals surface area contributed by atoms with Crippen LogP contribution in [0, 0.1) is 0 Å². The van der Waals surface area contributed by atoms with Crippen LogP contribution in [0.15, 0.2) is 194 Å². The monoisotopic (exact) mass is 722 g/mol. The Balaban J connectivity index is 1.21. The van der Waals surface area contributed by atoms with Crippen molar-refractivity contribution in [3.8, 4) is 44.5 Å². The van der Waals surface area contributed by atoms with Gasteiger partial charge >= 0.3 is 0 Å². The van der Waals surface area contributed by atoms with E-state index < -0.39 is 0 Å². The Morgan fingerprint density at radius 1 is 0.246 bits per heavy atom. The van der Waals surface area contributed by atoms with E-state index in [1.54, 1.807) is 0 Å². The lowest BCUT2D eigenvalue weighted by Gasteiger charge is -2.24. The maximum absolute atomic E-state index is 2.54. The Morgan fingerprint density at radius 3 is 1.33 bits per heavy atom. The first-order valence-corrected chi connectivity index (χ1v) is 20.1. The molecule has 0 amide bonds. The summed E-state index contributed by atoms with van der Waals surface area (Å²) in [6, 6.07) is 72.7. The van der Waals surface area contributed by atoms with E-state index in [2.05, 4.69) is 208 Å². The van der Waals surface area contributed by atoms with Crippen molar-refractivity contribution in [1.82, 2.24) is 0 Å². The van der Waals surface area contributed by atoms with Gasteiger partial charge in [0.15, 0.2) is 0 Å². The summed E-state index contributed by atoms with van der Waals surface area (Å²) in [6.07, 6.45) is 0. The molecule has 0 N–H and O–H groups in total. The van der Waals surface area contributed by atoms with E-state index in [-0.39, 0.29) is 5.41 Å². The summed E-state index contributed by atoms with van der Waals surface area (Å²) in [5, 5.41) is 15.5. The minimum atomic E-state index is -0.135. The Kier molecular flexibility index (Phi) is 6.78. The zero-order valence-electron chi connectivity index (χ0n) is 32.0. The molecule has 0 radical (unpaired) electrons. The van der Waals surface area contributed by atoms with Crippen LogP contribution in [-0.4, -0.2) is 0 Å². The molecule has 11 aromatic carbocycles. The standard InChI is InChI=1S/C57H38/c1-57(2)52-27-15-14-26-48(52)56-44-23-11-10-22-42(44)51(34-53(56)57)55-46-25-13-12-24-45(46)54(35-16-4-3-5-17-35)47-31-29-37(33-50(47)55)36-28-30-43-40-20-7-6-18-38(40)39-19-8-9-21-41(39)49(43)32-36/h3-34H,1-2H3. The van der Waals surface area contributed by atoms with Crippen LogP contribution in [0.25, 0.3) is 109 Å². The van der Waals surface area contributed by atoms with Gasteiger partial charge in [-0.3, -0.25) is 0 Å². The number of hydrogen-bond donors (Lipinski definition) is 0. The number of benzene rings is 11. The van der Waals surface area contributed by atoms with Crippen LogP contribution >= 0.6 is 0 Å². The van der Waals surface area contributed by atoms with Gasteiger partial charge < -0.3 is 0 Å². The van der Waals surface area contributed by atoms with Gasteiger partial charge in [0.05, 0.1) is 0 Å². The van der Waals surface area contributed by atoms with Crippen molar-refractivity contribution in [3.05, 3.63) is 205 Å². The molecule has 0 atom stereocenters. The third-order valence-electron chi connectivity index (χ3n) is 13.0. The molecule has 0 bridgehead atoms. The lowest BCUT2D eigenvalue weighted by atomic mass is 9.78. The molecule has 11 aromatic rings. The average molecular weight is 723 g/mol. The van der Waals surface area contributed by atoms with E-state index in [9.17, 15) is 0 Å². The van der Waals surface area contributed by atoms with E-state index in [1.807, 2.05) is 0 Å². The van der Waals surface area contributed by atoms with Crippen molar-refractivity contribution in [2.45, 2.75) is 19.3 Å². The first-order valence-electron chi connectivity index (χ1n) is 20.1. The molecule has 0 fully saturated rings. The Bertz CT molecular complexity index is 3440. The van der Waals surface area contributed by atoms with E-state index in [0.717, 1.165) is 0 Å². The summed E-state index contributed by atoms with van der Waals surface area (Å²) in [5.41, 5.74) is 12.9. The van der Waals surface area contributed by atoms with Crippen molar-refractivity contribution in [3.63, 3.8) is 0 Å². The van der Waals surface area contributed by atoms with Crippen molar-refractivity contribution < 1.29 is 0 Å². The van der Waals surface area contributed by atoms with Crippen LogP contribution in [0.5, 0.6) is 0 Å². The number of fused-ring (bicyclic) bond motifs is 13. The highest BCUT2D eigenvalue weighted by Gasteiger charge is 2.37. The number of rotatable bonds is 3. The van der Waals surface area contributed by atoms with Crippen molar-refractivity contribution in [2.24, 2.45) is 0 Å². The highest BCUT2D eigenvalue weighted by Crippen LogP contribution is 2.55. The van der Waals surface area contributed by atoms with Crippen LogP contribution < -0.4 is 0 Å². The highest BCUT2D eigenvalue weighted by molar-refractivity contribution is 6.27. The third kappa shape index (κ3) is 4.56. The molecule has 0 aromatic heterocycles. The van der Waals surface area contributed by atoms with Gasteiger partial charge in [0.2, 0.25) is 0 Å². The molecule has 12 rings (SSSR count). The largest absolute Gasteiger partial charge is 0.0622 e. The SMILES string of the molecule is CC1(C)c2ccccc2-c2c1cc(-c1c3ccccc3c(-c3ccccc3)c3ccc(-c4ccc5c6ccccc6c6ccccc6c5c4)cc13)c1ccccc21. The second-order valence-corrected chi connectivity index (χ2v) is 16.3. The minimum Gasteiger partial charge on any atom is -0.0622 e. The first kappa shape index (κ1) is 32.2. The molecular formula is C57H38. The molecule has 0 nitrogen and oxygen atoms in total. The lowest BCUT2D eigenvalue weighted by Crippen LogP contribution is -2.15. The van der Waals surface area contributed by atoms with E-state index in [0.29, 0.717) is 0 Å². The third-order valence-corrected chi connectivity index (χ3v) is 13.0. The summed E-state index contributed by atoms with van der Waals surface area (Å²) in [6.45, 7) is 4.80. The van der Waals surface area contributed by atoms with Crippen molar-refractivity contribution in [2.75, 3.05) is 0 Å². The molecule has 57 heavy (non-hydrogen) atoms. The fourth-order valence-corrected chi connectivity index (χ4v) is 10.4. The molecule has 266 valence electrons. The van der Waals surface area contributed by atoms with Gasteiger partial charge in [-0.05, 0) is 138 Å². The Hall–Kier alpha value is -7.02. The van der Waals surface area contributed by atoms with Crippen molar-refractivity contribution >= 4 is 64.6 Å². The summed E-state index contributed by atoms with van der Waals surface area (Å²) >= 11 is 0. The van der Waals surface area contributed by atoms with Crippen LogP contribution in [0.4, 0.5) is 0 Å². The maximum Gasteiger partial charge on any atom is 0.0159 e. The molecular weight excluding hydrogens is 685 g/mol. The van der Waals surface area contributed by atoms with Gasteiger partial charge in [-0.1, -0.05) is 190 Å². The topological polar surface area (TPSA) is 0 Å². The van der Waals surface area contributed by atoms with E-state index in [4.69, 9.17) is 0 Å². The minimum absolute atomic E-state index is 0.135. The summed E-state index contributed by atoms with van der Waals surface area (Å²) < 4.78 is 0. The van der Waals surface area contributed by atoms with Crippen LogP contribution in [-0.2, 0) is 5.41 Å². The van der Waals surface area contributed by atoms with Gasteiger partial charge in [0.1, 0.15) is 0 Å². The fraction of sp³-hybridized carbons (Fsp3) is 0.0526. The molecule has 0 saturated carbocycles. The van der Waals surface area contributed by atoms with Crippen LogP contribution in [0.2, 0.25) is 0 Å². The zero-order chi connectivity index (χ0) is 37.8. The second kappa shape index (κ2) is 12.0. The maximum atomic E-state index is 2.54. The highest BCUT2D eigenvalue weighted by atomic mass is 14.4. The Labute approximate surface area is 332 Å². The van der Waals surface area contributed by atoms with Gasteiger partial charge in [0, 0.05) is 5.41 Å². The van der Waals surface area contributed by atoms with Crippen LogP contribution in [0.1, 0.15) is 25.0 Å². The zero-order valence-corrected chi connectivity index (χ0v) is 32.0. The van der Waals surface area contributed by atoms with Gasteiger partial charge in [0.25, 0.3) is 0 Å². The van der Waals surface area contributed by atoms with Gasteiger partial charge in [-0.15, -0.1) is 0 Å². The molecule has 0 heteroatoms. The van der Waals surface area contributed by atoms with E-state index in [1.165, 1.54) is 120 Å². The molecule has 0 spiro atoms. The molecule has 0 unspecified atom stereocenters. The normalized spacial score (nSPS) is 13.2. The molecule has 0 heterocycles. The summed E-state index contributed by atoms with van der Waals surface area (Å²) in [5.74, 6) is 0. The van der Waals surface area contributed by atoms with E-state index >= 15 is 0 Å². The summed E-state index contributed by atoms with van der Waals surface area (Å²) in [4.78, 5) is 0. The fourth-order valence-electron chi connectivity index (χ4n) is 10.4. The second-order valence-electron chi connectivity index (χ2n) is 16.3.